The normalized spacial score (nSPS) is 15.2. The molecule has 0 bridgehead atoms. The van der Waals surface area contributed by atoms with Crippen LogP contribution in [0, 0.1) is 0 Å². The first-order valence-electron chi connectivity index (χ1n) is 25.5. The van der Waals surface area contributed by atoms with Gasteiger partial charge in [0, 0.05) is 0 Å². The van der Waals surface area contributed by atoms with Gasteiger partial charge < -0.3 is 63.1 Å². The third-order valence-electron chi connectivity index (χ3n) is 10.1. The maximum Gasteiger partial charge on any atom is 1.00 e. The van der Waals surface area contributed by atoms with Crippen LogP contribution in [0.15, 0.2) is 0 Å². The van der Waals surface area contributed by atoms with Crippen LogP contribution in [0.2, 0.25) is 33.8 Å². The third-order valence-corrected chi connectivity index (χ3v) is 24.6. The maximum absolute atomic E-state index is 8.97. The summed E-state index contributed by atoms with van der Waals surface area (Å²) in [5.41, 5.74) is -1.76. The molecule has 3 fully saturated rings. The zero-order chi connectivity index (χ0) is 55.6. The van der Waals surface area contributed by atoms with Gasteiger partial charge in [0.05, 0.1) is 33.6 Å². The molecule has 0 unspecified atom stereocenters. The van der Waals surface area contributed by atoms with E-state index in [0.29, 0.717) is 0 Å². The van der Waals surface area contributed by atoms with Gasteiger partial charge in [-0.15, -0.1) is 13.9 Å². The fraction of sp³-hybridized carbons (Fsp3) is 1.00. The number of unbranched alkanes of at least 4 members (excludes halogenated alkanes) is 3. The molecule has 0 aromatic heterocycles. The molecule has 0 radical (unpaired) electrons. The summed E-state index contributed by atoms with van der Waals surface area (Å²) in [6.45, 7) is 59.5. The summed E-state index contributed by atoms with van der Waals surface area (Å²) in [5.74, 6) is 0. The molecule has 3 rings (SSSR count). The third kappa shape index (κ3) is 78.2. The Morgan fingerprint density at radius 1 is 0.408 bits per heavy atom. The summed E-state index contributed by atoms with van der Waals surface area (Å²) < 4.78 is 39.2. The Kier molecular flexibility index (Phi) is 151. The van der Waals surface area contributed by atoms with Crippen molar-refractivity contribution >= 4 is 68.9 Å². The Balaban J connectivity index is -0.0000000300. The fourth-order valence-corrected chi connectivity index (χ4v) is 18.3. The summed E-state index contributed by atoms with van der Waals surface area (Å²) in [6.07, 6.45) is 8.12. The largest absolute Gasteiger partial charge is 1.00 e. The molecule has 0 aliphatic carbocycles. The summed E-state index contributed by atoms with van der Waals surface area (Å²) in [7, 11) is 0.119. The van der Waals surface area contributed by atoms with Crippen LogP contribution in [0.25, 0.3) is 0 Å². The topological polar surface area (TPSA) is 211 Å². The van der Waals surface area contributed by atoms with E-state index in [2.05, 4.69) is 48.5 Å². The average Bonchev–Trinajstić information content (AvgIpc) is 3.67. The molecule has 0 aromatic rings. The maximum atomic E-state index is 8.97. The molecule has 0 amide bonds. The quantitative estimate of drug-likeness (QED) is 0.208. The van der Waals surface area contributed by atoms with Gasteiger partial charge in [-0.3, -0.25) is 7.32 Å². The predicted molar refractivity (Wildman–Crippen MR) is 320 cm³/mol. The van der Waals surface area contributed by atoms with Crippen LogP contribution in [0.1, 0.15) is 263 Å². The number of halogens is 1. The Labute approximate surface area is 735 Å². The van der Waals surface area contributed by atoms with Gasteiger partial charge in [-0.1, -0.05) is 120 Å². The van der Waals surface area contributed by atoms with Crippen LogP contribution in [-0.4, -0.2) is 104 Å². The van der Waals surface area contributed by atoms with Gasteiger partial charge in [0.15, 0.2) is 0 Å². The minimum absolute atomic E-state index is 0. The minimum atomic E-state index is -2.92. The van der Waals surface area contributed by atoms with Gasteiger partial charge in [0.2, 0.25) is 0 Å². The van der Waals surface area contributed by atoms with E-state index in [1.54, 1.807) is 0 Å². The average molecular weight is 1590 g/mol. The summed E-state index contributed by atoms with van der Waals surface area (Å²) in [6, 6.07) is 0. The van der Waals surface area contributed by atoms with Gasteiger partial charge in [0.1, 0.15) is 0 Å². The van der Waals surface area contributed by atoms with Crippen LogP contribution in [-0.2, 0) is 27.9 Å². The van der Waals surface area contributed by atoms with Gasteiger partial charge in [-0.25, -0.2) is 0 Å². The van der Waals surface area contributed by atoms with E-state index in [1.807, 2.05) is 145 Å². The first-order chi connectivity index (χ1) is 30.1. The van der Waals surface area contributed by atoms with Crippen molar-refractivity contribution in [1.82, 2.24) is 0 Å². The van der Waals surface area contributed by atoms with Gasteiger partial charge in [-0.2, -0.15) is 0 Å². The predicted octanol–water partition coefficient (Wildman–Crippen LogP) is -3.15. The van der Waals surface area contributed by atoms with E-state index in [1.165, 1.54) is 58.7 Å². The molecule has 0 saturated carbocycles. The van der Waals surface area contributed by atoms with E-state index in [4.69, 9.17) is 72.0 Å². The Hall–Kier alpha value is 9.98. The Morgan fingerprint density at radius 2 is 0.526 bits per heavy atom. The first kappa shape index (κ1) is 138. The van der Waals surface area contributed by atoms with Crippen LogP contribution in [0.3, 0.4) is 0 Å². The van der Waals surface area contributed by atoms with Crippen molar-refractivity contribution in [1.29, 1.82) is 0 Å². The van der Waals surface area contributed by atoms with Crippen LogP contribution in [0.4, 0.5) is 0 Å². The van der Waals surface area contributed by atoms with E-state index in [0.717, 1.165) is 6.82 Å². The second kappa shape index (κ2) is 83.0. The molecular weight excluding hydrogens is 1450 g/mol. The van der Waals surface area contributed by atoms with Gasteiger partial charge >= 0.3 is 418 Å². The fourth-order valence-electron chi connectivity index (χ4n) is 4.99. The molecule has 0 aromatic carbocycles. The molecule has 3 heterocycles. The van der Waals surface area contributed by atoms with E-state index >= 15 is 0 Å². The molecule has 13 nitrogen and oxygen atoms in total. The van der Waals surface area contributed by atoms with Gasteiger partial charge in [0.25, 0.3) is 0 Å². The molecular formula is C50H130B6ClO13Rb5Sn. The molecule has 0 spiro atoms. The van der Waals surface area contributed by atoms with Gasteiger partial charge in [-0.05, 0) is 96.7 Å². The number of hydrogen-bond donors (Lipinski definition) is 2. The second-order valence-electron chi connectivity index (χ2n) is 17.0. The molecule has 0 atom stereocenters. The van der Waals surface area contributed by atoms with Crippen molar-refractivity contribution in [3.05, 3.63) is 0 Å². The smallest absolute Gasteiger partial charge is 0.907 e. The molecule has 3 aliphatic heterocycles. The van der Waals surface area contributed by atoms with Crippen molar-refractivity contribution < 1.29 is 354 Å². The molecule has 26 heteroatoms. The molecule has 76 heavy (non-hydrogen) atoms. The van der Waals surface area contributed by atoms with Crippen LogP contribution in [0.5, 0.6) is 0 Å². The van der Waals surface area contributed by atoms with Crippen LogP contribution < -0.4 is 316 Å². The van der Waals surface area contributed by atoms with E-state index < -0.39 is 52.8 Å². The van der Waals surface area contributed by atoms with E-state index in [9.17, 15) is 0 Å². The Morgan fingerprint density at radius 3 is 0.618 bits per heavy atom. The zero-order valence-electron chi connectivity index (χ0n) is 54.1. The number of hydrogen-bond acceptors (Lipinski definition) is 13. The van der Waals surface area contributed by atoms with Crippen molar-refractivity contribution in [2.75, 3.05) is 0 Å². The van der Waals surface area contributed by atoms with Crippen molar-refractivity contribution in [3.63, 3.8) is 0 Å². The molecule has 3 saturated heterocycles. The molecule has 3 aliphatic rings. The summed E-state index contributed by atoms with van der Waals surface area (Å²) >= 11 is -2.09. The minimum Gasteiger partial charge on any atom is -0.907 e. The first-order valence-corrected chi connectivity index (χ1v) is 35.2. The van der Waals surface area contributed by atoms with E-state index in [-0.39, 0.29) is 369 Å². The molecule has 442 valence electrons. The summed E-state index contributed by atoms with van der Waals surface area (Å²) in [4.78, 5) is 0. The monoisotopic (exact) mass is 1580 g/mol. The SMILES string of the molecule is C.C.C.C.C.CB(O)O.CB([O-])[O-].CB1OC(C)(C)C(C)(C)O1.CC.CC.CC.CC.CC.CC.CC1(C)OB(B2OC(C)(C)C(C)(C)O2)OC1(C)C.CCC[CH2][Sn]([Cl])([CH2]CCC)[CH2]CCC.[O-]B([O-])[O-].[Rb+].[Rb+].[Rb+].[Rb+].[Rb+]. The van der Waals surface area contributed by atoms with Crippen LogP contribution >= 0.6 is 8.92 Å². The van der Waals surface area contributed by atoms with Crippen molar-refractivity contribution in [2.45, 2.75) is 330 Å². The number of rotatable bonds is 10. The van der Waals surface area contributed by atoms with Crippen molar-refractivity contribution in [2.24, 2.45) is 0 Å². The second-order valence-corrected chi connectivity index (χ2v) is 33.3. The molecule has 2 N–H and O–H groups in total. The zero-order valence-corrected chi connectivity index (χ0v) is 82.3. The Bertz CT molecular complexity index is 893. The van der Waals surface area contributed by atoms with Crippen molar-refractivity contribution in [3.8, 4) is 0 Å². The standard InChI is InChI=1S/C12H24B2O4.C7H15BO2.3C4H9.6C2H6.CH5BO2.CH3BO2.5CH4.BO3.ClH.5Rb.Sn/c1-9(2)10(3,4)16-13(15-9)14-17-11(5,6)12(7,8)18-14;1-6(2)7(3,4)10-8(5)9-6;3*1-3-4-2;6*1-2;2*1-2(3)4;;;;;;2-1(3)4;;;;;;;/h1-8H3;1-5H3;3*1,3-4H2,2H3;6*1-2H3;3-4H,1H3;1H3;5*1H4;;1H;;;;;;/q;;;;;;;;;;;;-2;;;;;;-3;;6*+1/p-1. The summed E-state index contributed by atoms with van der Waals surface area (Å²) in [5, 5.41) is 58.4.